The Bertz CT molecular complexity index is 2200. The van der Waals surface area contributed by atoms with Gasteiger partial charge in [0, 0.05) is 75.7 Å². The zero-order chi connectivity index (χ0) is 55.7. The highest BCUT2D eigenvalue weighted by molar-refractivity contribution is 5.71. The Morgan fingerprint density at radius 1 is 0.360 bits per heavy atom. The minimum absolute atomic E-state index is 0.0778. The third-order valence-electron chi connectivity index (χ3n) is 10.8. The van der Waals surface area contributed by atoms with Gasteiger partial charge < -0.3 is 75.8 Å². The molecule has 3 aliphatic heterocycles. The van der Waals surface area contributed by atoms with Crippen LogP contribution < -0.4 is 0 Å². The lowest BCUT2D eigenvalue weighted by molar-refractivity contribution is -0.374. The smallest absolute Gasteiger partial charge is 0.306 e. The van der Waals surface area contributed by atoms with Crippen molar-refractivity contribution in [3.63, 3.8) is 0 Å². The Morgan fingerprint density at radius 2 is 0.680 bits per heavy atom. The van der Waals surface area contributed by atoms with E-state index in [1.54, 1.807) is 30.3 Å². The van der Waals surface area contributed by atoms with Gasteiger partial charge in [0.15, 0.2) is 55.3 Å². The maximum Gasteiger partial charge on any atom is 0.306 e. The van der Waals surface area contributed by atoms with E-state index >= 15 is 0 Å². The number of benzene rings is 1. The SMILES string of the molecule is CC(=O)OC[C@H]1O[C@H](CCC(=O)OCc2ccccc2)[C@H](OC(C)=O)[C@@H](OC(C)=O)[C@@H]1O[C@@H]1O[C@H](COC(C)=O)[C@@H](O[C@@H]2O[C@H](COC(C)=O)[C@@H](OC(C)=O)[C@H](OC(C)=O)[C@H]2OC(C)=O)[C@H](OC(C)=O)[C@H]1OC(C)=O. The lowest BCUT2D eigenvalue weighted by Crippen LogP contribution is -2.68. The Hall–Kier alpha value is -6.81. The molecule has 0 N–H and O–H groups in total. The molecule has 0 bridgehead atoms. The normalized spacial score (nSPS) is 29.1. The summed E-state index contributed by atoms with van der Waals surface area (Å²) in [4.78, 5) is 139. The van der Waals surface area contributed by atoms with Crippen LogP contribution in [0.1, 0.15) is 87.6 Å². The van der Waals surface area contributed by atoms with E-state index < -0.39 is 177 Å². The van der Waals surface area contributed by atoms with E-state index in [9.17, 15) is 52.7 Å². The number of esters is 11. The van der Waals surface area contributed by atoms with Gasteiger partial charge in [-0.1, -0.05) is 30.3 Å². The summed E-state index contributed by atoms with van der Waals surface area (Å²) in [5, 5.41) is 0. The summed E-state index contributed by atoms with van der Waals surface area (Å²) in [6.07, 6.45) is -26.9. The first-order valence-electron chi connectivity index (χ1n) is 23.4. The highest BCUT2D eigenvalue weighted by Crippen LogP contribution is 2.38. The molecule has 3 saturated heterocycles. The first-order chi connectivity index (χ1) is 35.3. The molecule has 0 saturated carbocycles. The number of hydrogen-bond acceptors (Lipinski definition) is 27. The minimum atomic E-state index is -2.04. The average molecular weight is 1070 g/mol. The summed E-state index contributed by atoms with van der Waals surface area (Å²) >= 11 is 0. The molecule has 0 amide bonds. The molecule has 3 aliphatic rings. The van der Waals surface area contributed by atoms with Crippen molar-refractivity contribution < 1.29 is 129 Å². The van der Waals surface area contributed by atoms with Crippen molar-refractivity contribution >= 4 is 65.7 Å². The second-order valence-electron chi connectivity index (χ2n) is 17.1. The van der Waals surface area contributed by atoms with Crippen molar-refractivity contribution in [1.29, 1.82) is 0 Å². The number of carbonyl (C=O) groups excluding carboxylic acids is 11. The van der Waals surface area contributed by atoms with Gasteiger partial charge in [-0.2, -0.15) is 0 Å². The second-order valence-corrected chi connectivity index (χ2v) is 17.1. The molecule has 416 valence electrons. The van der Waals surface area contributed by atoms with E-state index in [0.717, 1.165) is 69.2 Å². The lowest BCUT2D eigenvalue weighted by atomic mass is 9.91. The van der Waals surface area contributed by atoms with Gasteiger partial charge in [0.05, 0.1) is 6.10 Å². The molecular formula is C48H62O27. The van der Waals surface area contributed by atoms with Crippen LogP contribution in [0.4, 0.5) is 0 Å². The molecule has 0 aliphatic carbocycles. The van der Waals surface area contributed by atoms with E-state index in [-0.39, 0.29) is 19.4 Å². The molecule has 75 heavy (non-hydrogen) atoms. The maximum atomic E-state index is 13.1. The van der Waals surface area contributed by atoms with Gasteiger partial charge in [0.2, 0.25) is 0 Å². The van der Waals surface area contributed by atoms with Crippen molar-refractivity contribution in [2.24, 2.45) is 0 Å². The van der Waals surface area contributed by atoms with Crippen LogP contribution in [0, 0.1) is 0 Å². The summed E-state index contributed by atoms with van der Waals surface area (Å²) in [5.74, 6) is -10.2. The van der Waals surface area contributed by atoms with E-state index in [2.05, 4.69) is 0 Å². The van der Waals surface area contributed by atoms with Crippen LogP contribution in [0.2, 0.25) is 0 Å². The van der Waals surface area contributed by atoms with Crippen LogP contribution in [-0.2, 0) is 135 Å². The zero-order valence-corrected chi connectivity index (χ0v) is 42.8. The lowest BCUT2D eigenvalue weighted by Gasteiger charge is -2.50. The standard InChI is InChI=1S/C48H62O27/c1-22(49)60-19-34-40(42(66-27(6)54)38(64-25(4)52)33(71-34)16-17-37(59)63-18-32-14-12-11-13-15-32)74-48-46(70-31(10)58)44(68-29(8)56)41(36(73-48)21-62-24(3)51)75-47-45(69-30(9)57)43(67-28(7)55)39(65-26(5)53)35(72-47)20-61-23(2)50/h11-15,33-36,38-48H,16-21H2,1-10H3/t33-,34-,35-,36-,38+,39-,40-,41-,42-,43+,44+,45-,46-,47+,48+/m1/s1. The van der Waals surface area contributed by atoms with Crippen LogP contribution in [0.15, 0.2) is 30.3 Å². The van der Waals surface area contributed by atoms with Gasteiger partial charge in [0.1, 0.15) is 56.9 Å². The third-order valence-corrected chi connectivity index (χ3v) is 10.8. The van der Waals surface area contributed by atoms with Crippen molar-refractivity contribution in [3.8, 4) is 0 Å². The first-order valence-corrected chi connectivity index (χ1v) is 23.4. The number of hydrogen-bond donors (Lipinski definition) is 0. The molecule has 0 unspecified atom stereocenters. The number of rotatable bonds is 22. The molecule has 1 aromatic carbocycles. The van der Waals surface area contributed by atoms with Crippen LogP contribution in [0.3, 0.4) is 0 Å². The fourth-order valence-corrected chi connectivity index (χ4v) is 8.19. The van der Waals surface area contributed by atoms with Gasteiger partial charge >= 0.3 is 65.7 Å². The monoisotopic (exact) mass is 1070 g/mol. The Balaban J connectivity index is 1.86. The Kier molecular flexibility index (Phi) is 23.3. The van der Waals surface area contributed by atoms with Crippen LogP contribution in [0.5, 0.6) is 0 Å². The Labute approximate surface area is 429 Å². The number of carbonyl (C=O) groups is 11. The summed E-state index contributed by atoms with van der Waals surface area (Å²) in [6, 6.07) is 8.76. The van der Waals surface area contributed by atoms with Crippen molar-refractivity contribution in [3.05, 3.63) is 35.9 Å². The molecular weight excluding hydrogens is 1010 g/mol. The topological polar surface area (TPSA) is 335 Å². The van der Waals surface area contributed by atoms with E-state index in [4.69, 9.17) is 75.8 Å². The van der Waals surface area contributed by atoms with Gasteiger partial charge in [-0.05, 0) is 12.0 Å². The number of ether oxygens (including phenoxy) is 16. The van der Waals surface area contributed by atoms with Gasteiger partial charge in [0.25, 0.3) is 0 Å². The van der Waals surface area contributed by atoms with Crippen molar-refractivity contribution in [2.45, 2.75) is 181 Å². The van der Waals surface area contributed by atoms with Gasteiger partial charge in [-0.15, -0.1) is 0 Å². The summed E-state index contributed by atoms with van der Waals surface area (Å²) in [7, 11) is 0. The van der Waals surface area contributed by atoms with Crippen LogP contribution >= 0.6 is 0 Å². The summed E-state index contributed by atoms with van der Waals surface area (Å²) < 4.78 is 92.4. The predicted molar refractivity (Wildman–Crippen MR) is 240 cm³/mol. The molecule has 3 fully saturated rings. The fourth-order valence-electron chi connectivity index (χ4n) is 8.19. The third kappa shape index (κ3) is 19.1. The van der Waals surface area contributed by atoms with E-state index in [1.165, 1.54) is 0 Å². The highest BCUT2D eigenvalue weighted by Gasteiger charge is 2.60. The van der Waals surface area contributed by atoms with Crippen molar-refractivity contribution in [1.82, 2.24) is 0 Å². The van der Waals surface area contributed by atoms with Crippen LogP contribution in [0.25, 0.3) is 0 Å². The van der Waals surface area contributed by atoms with Crippen LogP contribution in [-0.4, -0.2) is 177 Å². The zero-order valence-electron chi connectivity index (χ0n) is 42.8. The largest absolute Gasteiger partial charge is 0.463 e. The van der Waals surface area contributed by atoms with Gasteiger partial charge in [-0.25, -0.2) is 0 Å². The molecule has 0 radical (unpaired) electrons. The molecule has 27 heteroatoms. The highest BCUT2D eigenvalue weighted by atomic mass is 16.8. The fraction of sp³-hybridized carbons (Fsp3) is 0.646. The van der Waals surface area contributed by atoms with Crippen molar-refractivity contribution in [2.75, 3.05) is 19.8 Å². The molecule has 3 heterocycles. The van der Waals surface area contributed by atoms with E-state index in [0.29, 0.717) is 5.56 Å². The first kappa shape index (κ1) is 60.7. The molecule has 1 aromatic rings. The average Bonchev–Trinajstić information content (AvgIpc) is 3.30. The van der Waals surface area contributed by atoms with Gasteiger partial charge in [-0.3, -0.25) is 52.7 Å². The summed E-state index contributed by atoms with van der Waals surface area (Å²) in [6.45, 7) is 7.78. The van der Waals surface area contributed by atoms with E-state index in [1.807, 2.05) is 0 Å². The molecule has 27 nitrogen and oxygen atoms in total. The maximum absolute atomic E-state index is 13.1. The summed E-state index contributed by atoms with van der Waals surface area (Å²) in [5.41, 5.74) is 0.690. The predicted octanol–water partition coefficient (Wildman–Crippen LogP) is 0.709. The molecule has 0 aromatic heterocycles. The molecule has 0 spiro atoms. The minimum Gasteiger partial charge on any atom is -0.463 e. The molecule has 4 rings (SSSR count). The quantitative estimate of drug-likeness (QED) is 0.114. The molecule has 15 atom stereocenters. The Morgan fingerprint density at radius 3 is 1.07 bits per heavy atom. The second kappa shape index (κ2) is 28.7.